The van der Waals surface area contributed by atoms with Gasteiger partial charge in [0.2, 0.25) is 22.9 Å². The molecule has 160 valence electrons. The highest BCUT2D eigenvalue weighted by Crippen LogP contribution is 2.33. The molecule has 0 saturated heterocycles. The fraction of sp³-hybridized carbons (Fsp3) is 0. The first-order valence-electron chi connectivity index (χ1n) is 7.75. The zero-order valence-corrected chi connectivity index (χ0v) is 14.1. The van der Waals surface area contributed by atoms with E-state index in [0.29, 0.717) is 0 Å². The summed E-state index contributed by atoms with van der Waals surface area (Å²) in [6.07, 6.45) is 0. The summed E-state index contributed by atoms with van der Waals surface area (Å²) >= 11 is 0. The lowest BCUT2D eigenvalue weighted by Gasteiger charge is -2.09. The van der Waals surface area contributed by atoms with Crippen LogP contribution in [-0.2, 0) is 0 Å². The van der Waals surface area contributed by atoms with Crippen molar-refractivity contribution in [3.63, 3.8) is 0 Å². The molecule has 2 aromatic heterocycles. The maximum absolute atomic E-state index is 14.0. The van der Waals surface area contributed by atoms with E-state index in [4.69, 9.17) is 4.42 Å². The summed E-state index contributed by atoms with van der Waals surface area (Å²) in [6, 6.07) is 0.258. The first-order valence-corrected chi connectivity index (χ1v) is 7.75. The molecule has 2 heterocycles. The molecule has 0 bridgehead atoms. The number of halogens is 9. The second kappa shape index (κ2) is 6.62. The number of benzene rings is 2. The standard InChI is InChI=1S/C18HF9O4/c19-7-4(8(20)11(23)13(25)10(7)22)2-1-3-5(18(29)31-2)16(28)6-9(21)12(24)14(26)15(27)17(6)30-3/h1H. The van der Waals surface area contributed by atoms with E-state index in [-0.39, 0.29) is 6.07 Å². The van der Waals surface area contributed by atoms with Crippen molar-refractivity contribution in [2.45, 2.75) is 0 Å². The zero-order valence-electron chi connectivity index (χ0n) is 14.1. The monoisotopic (exact) mass is 452 g/mol. The highest BCUT2D eigenvalue weighted by Gasteiger charge is 2.30. The second-order valence-corrected chi connectivity index (χ2v) is 5.97. The Hall–Kier alpha value is -3.77. The molecule has 0 unspecified atom stereocenters. The van der Waals surface area contributed by atoms with Gasteiger partial charge in [-0.25, -0.2) is 39.9 Å². The molecule has 4 nitrogen and oxygen atoms in total. The molecule has 0 aliphatic heterocycles. The SMILES string of the molecule is O=c1oc(-c2c(F)c(F)c(F)c(F)c2F)cc2oc3c(F)c(F)c(F)c(F)c3c(=O)c12. The third-order valence-corrected chi connectivity index (χ3v) is 4.26. The van der Waals surface area contributed by atoms with Crippen LogP contribution in [0.5, 0.6) is 0 Å². The highest BCUT2D eigenvalue weighted by atomic mass is 19.2. The Morgan fingerprint density at radius 2 is 1.03 bits per heavy atom. The molecule has 0 spiro atoms. The van der Waals surface area contributed by atoms with Crippen molar-refractivity contribution in [2.75, 3.05) is 0 Å². The minimum atomic E-state index is -2.52. The minimum absolute atomic E-state index is 0.258. The Kier molecular flexibility index (Phi) is 4.38. The van der Waals surface area contributed by atoms with Gasteiger partial charge in [-0.05, 0) is 0 Å². The van der Waals surface area contributed by atoms with E-state index in [0.717, 1.165) is 0 Å². The average Bonchev–Trinajstić information content (AvgIpc) is 2.73. The molecule has 0 radical (unpaired) electrons. The van der Waals surface area contributed by atoms with Crippen LogP contribution in [0.2, 0.25) is 0 Å². The molecule has 2 aromatic carbocycles. The maximum Gasteiger partial charge on any atom is 0.351 e. The Morgan fingerprint density at radius 3 is 1.61 bits per heavy atom. The van der Waals surface area contributed by atoms with Crippen LogP contribution >= 0.6 is 0 Å². The molecular weight excluding hydrogens is 451 g/mol. The van der Waals surface area contributed by atoms with Gasteiger partial charge in [0, 0.05) is 6.07 Å². The number of hydrogen-bond donors (Lipinski definition) is 0. The van der Waals surface area contributed by atoms with Gasteiger partial charge in [-0.15, -0.1) is 0 Å². The highest BCUT2D eigenvalue weighted by molar-refractivity contribution is 5.90. The quantitative estimate of drug-likeness (QED) is 0.180. The maximum atomic E-state index is 14.0. The van der Waals surface area contributed by atoms with Crippen LogP contribution in [0.4, 0.5) is 39.5 Å². The lowest BCUT2D eigenvalue weighted by Crippen LogP contribution is -2.16. The van der Waals surface area contributed by atoms with Crippen molar-refractivity contribution in [1.29, 1.82) is 0 Å². The molecule has 0 amide bonds. The molecule has 0 atom stereocenters. The van der Waals surface area contributed by atoms with E-state index in [1.807, 2.05) is 0 Å². The molecule has 13 heteroatoms. The van der Waals surface area contributed by atoms with Gasteiger partial charge in [-0.3, -0.25) is 4.79 Å². The van der Waals surface area contributed by atoms with Gasteiger partial charge < -0.3 is 8.83 Å². The van der Waals surface area contributed by atoms with Crippen LogP contribution in [0, 0.1) is 52.4 Å². The molecule has 4 rings (SSSR count). The molecule has 4 aromatic rings. The van der Waals surface area contributed by atoms with Gasteiger partial charge in [-0.1, -0.05) is 0 Å². The largest absolute Gasteiger partial charge is 0.452 e. The van der Waals surface area contributed by atoms with E-state index in [1.54, 1.807) is 0 Å². The lowest BCUT2D eigenvalue weighted by atomic mass is 10.1. The number of fused-ring (bicyclic) bond motifs is 2. The van der Waals surface area contributed by atoms with Crippen LogP contribution in [0.1, 0.15) is 0 Å². The number of hydrogen-bond acceptors (Lipinski definition) is 4. The molecule has 0 aliphatic carbocycles. The van der Waals surface area contributed by atoms with Crippen LogP contribution in [-0.4, -0.2) is 0 Å². The van der Waals surface area contributed by atoms with Crippen molar-refractivity contribution in [1.82, 2.24) is 0 Å². The summed E-state index contributed by atoms with van der Waals surface area (Å²) in [4.78, 5) is 24.5. The molecule has 0 saturated carbocycles. The summed E-state index contributed by atoms with van der Waals surface area (Å²) in [5.74, 6) is -22.7. The third-order valence-electron chi connectivity index (χ3n) is 4.26. The van der Waals surface area contributed by atoms with Crippen molar-refractivity contribution in [3.8, 4) is 11.3 Å². The summed E-state index contributed by atoms with van der Waals surface area (Å²) in [5, 5.41) is -2.75. The first kappa shape index (κ1) is 20.5. The first-order chi connectivity index (χ1) is 14.5. The van der Waals surface area contributed by atoms with E-state index in [2.05, 4.69) is 4.42 Å². The van der Waals surface area contributed by atoms with Crippen molar-refractivity contribution < 1.29 is 48.3 Å². The number of rotatable bonds is 1. The molecule has 0 aliphatic rings. The van der Waals surface area contributed by atoms with E-state index < -0.39 is 96.7 Å². The average molecular weight is 452 g/mol. The van der Waals surface area contributed by atoms with Crippen LogP contribution < -0.4 is 11.1 Å². The van der Waals surface area contributed by atoms with Crippen LogP contribution in [0.15, 0.2) is 24.5 Å². The summed E-state index contributed by atoms with van der Waals surface area (Å²) in [6.45, 7) is 0. The molecule has 0 N–H and O–H groups in total. The van der Waals surface area contributed by atoms with Gasteiger partial charge in [0.25, 0.3) is 0 Å². The Labute approximate surface area is 161 Å². The second-order valence-electron chi connectivity index (χ2n) is 5.97. The summed E-state index contributed by atoms with van der Waals surface area (Å²) in [5.41, 5.74) is -7.93. The van der Waals surface area contributed by atoms with Crippen molar-refractivity contribution >= 4 is 21.9 Å². The Balaban J connectivity index is 2.19. The van der Waals surface area contributed by atoms with Gasteiger partial charge in [0.05, 0.1) is 5.56 Å². The molecule has 31 heavy (non-hydrogen) atoms. The fourth-order valence-corrected chi connectivity index (χ4v) is 2.85. The van der Waals surface area contributed by atoms with E-state index in [9.17, 15) is 49.1 Å². The fourth-order valence-electron chi connectivity index (χ4n) is 2.85. The Morgan fingerprint density at radius 1 is 0.548 bits per heavy atom. The lowest BCUT2D eigenvalue weighted by molar-refractivity contribution is 0.378. The normalized spacial score (nSPS) is 11.6. The van der Waals surface area contributed by atoms with Gasteiger partial charge in [-0.2, -0.15) is 4.39 Å². The van der Waals surface area contributed by atoms with Gasteiger partial charge in [0.1, 0.15) is 16.7 Å². The zero-order chi connectivity index (χ0) is 22.9. The molecule has 0 fully saturated rings. The van der Waals surface area contributed by atoms with Crippen molar-refractivity contribution in [3.05, 3.63) is 79.1 Å². The predicted octanol–water partition coefficient (Wildman–Crippen LogP) is 4.82. The summed E-state index contributed by atoms with van der Waals surface area (Å²) in [7, 11) is 0. The van der Waals surface area contributed by atoms with E-state index >= 15 is 0 Å². The van der Waals surface area contributed by atoms with Crippen molar-refractivity contribution in [2.24, 2.45) is 0 Å². The van der Waals surface area contributed by atoms with Gasteiger partial charge in [0.15, 0.2) is 45.9 Å². The third kappa shape index (κ3) is 2.65. The van der Waals surface area contributed by atoms with E-state index in [1.165, 1.54) is 0 Å². The minimum Gasteiger partial charge on any atom is -0.452 e. The molecular formula is C18HF9O4. The van der Waals surface area contributed by atoms with Crippen LogP contribution in [0.25, 0.3) is 33.3 Å². The smallest absolute Gasteiger partial charge is 0.351 e. The topological polar surface area (TPSA) is 60.4 Å². The van der Waals surface area contributed by atoms with Crippen LogP contribution in [0.3, 0.4) is 0 Å². The Bertz CT molecular complexity index is 1540. The predicted molar refractivity (Wildman–Crippen MR) is 83.6 cm³/mol. The van der Waals surface area contributed by atoms with Gasteiger partial charge >= 0.3 is 5.63 Å². The summed E-state index contributed by atoms with van der Waals surface area (Å²) < 4.78 is 132.